The lowest BCUT2D eigenvalue weighted by atomic mass is 10.2. The van der Waals surface area contributed by atoms with Crippen LogP contribution in [0.5, 0.6) is 0 Å². The standard InChI is InChI=1S/C14H19N3OS/c1-3-19-12-8-6-11(7-9-12)14-16-13(18-17-14)5-4-10-15-2/h6-9,15H,3-5,10H2,1-2H3. The highest BCUT2D eigenvalue weighted by atomic mass is 32.2. The van der Waals surface area contributed by atoms with Crippen molar-refractivity contribution >= 4 is 11.8 Å². The van der Waals surface area contributed by atoms with Gasteiger partial charge in [0.15, 0.2) is 0 Å². The molecule has 0 aliphatic heterocycles. The normalized spacial score (nSPS) is 10.8. The lowest BCUT2D eigenvalue weighted by Gasteiger charge is -1.98. The maximum atomic E-state index is 5.25. The first kappa shape index (κ1) is 14.1. The predicted octanol–water partition coefficient (Wildman–Crippen LogP) is 3.00. The molecule has 0 atom stereocenters. The first-order valence-electron chi connectivity index (χ1n) is 6.54. The highest BCUT2D eigenvalue weighted by Gasteiger charge is 2.08. The van der Waals surface area contributed by atoms with Crippen molar-refractivity contribution < 1.29 is 4.52 Å². The lowest BCUT2D eigenvalue weighted by molar-refractivity contribution is 0.375. The van der Waals surface area contributed by atoms with Gasteiger partial charge in [-0.25, -0.2) is 0 Å². The van der Waals surface area contributed by atoms with E-state index in [1.165, 1.54) is 4.90 Å². The molecular formula is C14H19N3OS. The maximum absolute atomic E-state index is 5.25. The van der Waals surface area contributed by atoms with E-state index < -0.39 is 0 Å². The van der Waals surface area contributed by atoms with E-state index in [1.54, 1.807) is 0 Å². The van der Waals surface area contributed by atoms with Crippen molar-refractivity contribution in [2.24, 2.45) is 0 Å². The second kappa shape index (κ2) is 7.31. The Bertz CT molecular complexity index is 496. The van der Waals surface area contributed by atoms with Crippen LogP contribution in [0.1, 0.15) is 19.2 Å². The second-order valence-corrected chi connectivity index (χ2v) is 5.51. The average Bonchev–Trinajstić information content (AvgIpc) is 2.89. The van der Waals surface area contributed by atoms with Crippen LogP contribution in [0.4, 0.5) is 0 Å². The Labute approximate surface area is 118 Å². The van der Waals surface area contributed by atoms with E-state index in [1.807, 2.05) is 30.9 Å². The molecule has 2 aromatic rings. The van der Waals surface area contributed by atoms with E-state index in [-0.39, 0.29) is 0 Å². The van der Waals surface area contributed by atoms with Gasteiger partial charge in [-0.1, -0.05) is 12.1 Å². The number of thioether (sulfide) groups is 1. The van der Waals surface area contributed by atoms with Gasteiger partial charge < -0.3 is 9.84 Å². The van der Waals surface area contributed by atoms with Crippen LogP contribution in [0.25, 0.3) is 11.4 Å². The summed E-state index contributed by atoms with van der Waals surface area (Å²) in [5.41, 5.74) is 1.00. The molecule has 0 saturated heterocycles. The number of rotatable bonds is 7. The molecule has 0 aliphatic carbocycles. The average molecular weight is 277 g/mol. The van der Waals surface area contributed by atoms with Gasteiger partial charge in [-0.2, -0.15) is 4.98 Å². The van der Waals surface area contributed by atoms with Crippen LogP contribution in [-0.2, 0) is 6.42 Å². The Morgan fingerprint density at radius 1 is 1.26 bits per heavy atom. The summed E-state index contributed by atoms with van der Waals surface area (Å²) in [6, 6.07) is 8.28. The fourth-order valence-corrected chi connectivity index (χ4v) is 2.42. The molecule has 1 N–H and O–H groups in total. The summed E-state index contributed by atoms with van der Waals surface area (Å²) in [6.45, 7) is 3.11. The van der Waals surface area contributed by atoms with Gasteiger partial charge in [-0.15, -0.1) is 11.8 Å². The van der Waals surface area contributed by atoms with E-state index in [2.05, 4.69) is 34.5 Å². The van der Waals surface area contributed by atoms with Gasteiger partial charge in [-0.3, -0.25) is 0 Å². The van der Waals surface area contributed by atoms with Crippen molar-refractivity contribution in [2.45, 2.75) is 24.7 Å². The first-order chi connectivity index (χ1) is 9.33. The van der Waals surface area contributed by atoms with Crippen molar-refractivity contribution in [1.82, 2.24) is 15.5 Å². The van der Waals surface area contributed by atoms with Crippen LogP contribution in [0.3, 0.4) is 0 Å². The number of benzene rings is 1. The molecule has 0 saturated carbocycles. The number of nitrogens with one attached hydrogen (secondary N) is 1. The smallest absolute Gasteiger partial charge is 0.227 e. The van der Waals surface area contributed by atoms with Crippen LogP contribution in [-0.4, -0.2) is 29.5 Å². The fourth-order valence-electron chi connectivity index (χ4n) is 1.76. The van der Waals surface area contributed by atoms with E-state index in [0.29, 0.717) is 11.7 Å². The van der Waals surface area contributed by atoms with Gasteiger partial charge >= 0.3 is 0 Å². The van der Waals surface area contributed by atoms with Gasteiger partial charge in [0.25, 0.3) is 0 Å². The quantitative estimate of drug-likeness (QED) is 0.623. The molecule has 0 aliphatic rings. The Morgan fingerprint density at radius 2 is 2.05 bits per heavy atom. The summed E-state index contributed by atoms with van der Waals surface area (Å²) >= 11 is 1.83. The zero-order valence-electron chi connectivity index (χ0n) is 11.3. The summed E-state index contributed by atoms with van der Waals surface area (Å²) in [6.07, 6.45) is 1.82. The molecule has 5 heteroatoms. The molecule has 4 nitrogen and oxygen atoms in total. The van der Waals surface area contributed by atoms with Crippen LogP contribution in [0.15, 0.2) is 33.7 Å². The third-order valence-electron chi connectivity index (χ3n) is 2.71. The monoisotopic (exact) mass is 277 g/mol. The summed E-state index contributed by atoms with van der Waals surface area (Å²) in [5, 5.41) is 7.13. The Kier molecular flexibility index (Phi) is 5.42. The van der Waals surface area contributed by atoms with Gasteiger partial charge in [0, 0.05) is 16.9 Å². The molecule has 1 aromatic carbocycles. The van der Waals surface area contributed by atoms with E-state index in [0.717, 1.165) is 30.7 Å². The van der Waals surface area contributed by atoms with Crippen molar-refractivity contribution in [3.8, 4) is 11.4 Å². The Balaban J connectivity index is 2.01. The number of hydrogen-bond donors (Lipinski definition) is 1. The molecule has 0 radical (unpaired) electrons. The predicted molar refractivity (Wildman–Crippen MR) is 78.4 cm³/mol. The zero-order valence-corrected chi connectivity index (χ0v) is 12.2. The highest BCUT2D eigenvalue weighted by molar-refractivity contribution is 7.99. The maximum Gasteiger partial charge on any atom is 0.227 e. The largest absolute Gasteiger partial charge is 0.339 e. The molecule has 1 aromatic heterocycles. The summed E-state index contributed by atoms with van der Waals surface area (Å²) in [5.74, 6) is 2.46. The fraction of sp³-hybridized carbons (Fsp3) is 0.429. The van der Waals surface area contributed by atoms with Gasteiger partial charge in [-0.05, 0) is 50.0 Å². The number of aromatic nitrogens is 2. The molecule has 2 rings (SSSR count). The minimum Gasteiger partial charge on any atom is -0.339 e. The number of nitrogens with zero attached hydrogens (tertiary/aromatic N) is 2. The molecule has 1 heterocycles. The Hall–Kier alpha value is -1.33. The van der Waals surface area contributed by atoms with Crippen molar-refractivity contribution in [3.05, 3.63) is 30.2 Å². The second-order valence-electron chi connectivity index (χ2n) is 4.18. The van der Waals surface area contributed by atoms with E-state index in [9.17, 15) is 0 Å². The Morgan fingerprint density at radius 3 is 2.74 bits per heavy atom. The number of aryl methyl sites for hydroxylation is 1. The van der Waals surface area contributed by atoms with E-state index in [4.69, 9.17) is 4.52 Å². The van der Waals surface area contributed by atoms with E-state index >= 15 is 0 Å². The number of hydrogen-bond acceptors (Lipinski definition) is 5. The molecular weight excluding hydrogens is 258 g/mol. The molecule has 0 unspecified atom stereocenters. The molecule has 19 heavy (non-hydrogen) atoms. The summed E-state index contributed by atoms with van der Waals surface area (Å²) in [7, 11) is 1.94. The highest BCUT2D eigenvalue weighted by Crippen LogP contribution is 2.22. The molecule has 0 bridgehead atoms. The van der Waals surface area contributed by atoms with Crippen LogP contribution >= 0.6 is 11.8 Å². The summed E-state index contributed by atoms with van der Waals surface area (Å²) in [4.78, 5) is 5.68. The van der Waals surface area contributed by atoms with Gasteiger partial charge in [0.05, 0.1) is 0 Å². The SMILES string of the molecule is CCSc1ccc(-c2noc(CCCNC)n2)cc1. The zero-order chi connectivity index (χ0) is 13.5. The minimum atomic E-state index is 0.674. The van der Waals surface area contributed by atoms with Gasteiger partial charge in [0.2, 0.25) is 11.7 Å². The van der Waals surface area contributed by atoms with Crippen LogP contribution in [0, 0.1) is 0 Å². The van der Waals surface area contributed by atoms with Crippen molar-refractivity contribution in [2.75, 3.05) is 19.3 Å². The third-order valence-corrected chi connectivity index (χ3v) is 3.60. The topological polar surface area (TPSA) is 51.0 Å². The van der Waals surface area contributed by atoms with Crippen LogP contribution < -0.4 is 5.32 Å². The summed E-state index contributed by atoms with van der Waals surface area (Å²) < 4.78 is 5.25. The molecule has 102 valence electrons. The first-order valence-corrected chi connectivity index (χ1v) is 7.52. The third kappa shape index (κ3) is 4.08. The molecule has 0 spiro atoms. The van der Waals surface area contributed by atoms with Crippen molar-refractivity contribution in [3.63, 3.8) is 0 Å². The van der Waals surface area contributed by atoms with Crippen molar-refractivity contribution in [1.29, 1.82) is 0 Å². The molecule has 0 amide bonds. The minimum absolute atomic E-state index is 0.674. The lowest BCUT2D eigenvalue weighted by Crippen LogP contribution is -2.08. The molecule has 0 fully saturated rings. The van der Waals surface area contributed by atoms with Gasteiger partial charge in [0.1, 0.15) is 0 Å². The van der Waals surface area contributed by atoms with Crippen LogP contribution in [0.2, 0.25) is 0 Å².